The highest BCUT2D eigenvalue weighted by atomic mass is 79.9. The van der Waals surface area contributed by atoms with Crippen molar-refractivity contribution in [2.45, 2.75) is 26.4 Å². The molecule has 0 aliphatic heterocycles. The summed E-state index contributed by atoms with van der Waals surface area (Å²) in [4.78, 5) is 4.03. The molecule has 0 unspecified atom stereocenters. The molecule has 0 atom stereocenters. The number of pyridine rings is 1. The van der Waals surface area contributed by atoms with Gasteiger partial charge in [-0.15, -0.1) is 0 Å². The van der Waals surface area contributed by atoms with Gasteiger partial charge in [0.1, 0.15) is 5.75 Å². The minimum absolute atomic E-state index is 0.168. The molecular formula is C15H15BrF2N2O. The van der Waals surface area contributed by atoms with E-state index in [1.165, 1.54) is 6.07 Å². The minimum Gasteiger partial charge on any atom is -0.454 e. The van der Waals surface area contributed by atoms with Gasteiger partial charge in [-0.05, 0) is 18.2 Å². The molecule has 1 aromatic carbocycles. The molecule has 0 saturated heterocycles. The molecule has 2 rings (SSSR count). The van der Waals surface area contributed by atoms with Crippen molar-refractivity contribution in [1.82, 2.24) is 10.3 Å². The number of hydrogen-bond donors (Lipinski definition) is 1. The third-order valence-electron chi connectivity index (χ3n) is 2.74. The average Bonchev–Trinajstić information content (AvgIpc) is 2.43. The zero-order chi connectivity index (χ0) is 15.4. The smallest absolute Gasteiger partial charge is 0.201 e. The summed E-state index contributed by atoms with van der Waals surface area (Å²) in [5, 5.41) is 3.23. The monoisotopic (exact) mass is 356 g/mol. The average molecular weight is 357 g/mol. The van der Waals surface area contributed by atoms with E-state index in [2.05, 4.69) is 26.2 Å². The molecule has 0 fully saturated rings. The van der Waals surface area contributed by atoms with Crippen LogP contribution in [0.2, 0.25) is 0 Å². The number of rotatable bonds is 5. The van der Waals surface area contributed by atoms with Gasteiger partial charge in [-0.3, -0.25) is 4.98 Å². The predicted octanol–water partition coefficient (Wildman–Crippen LogP) is 4.41. The van der Waals surface area contributed by atoms with Crippen LogP contribution in [-0.2, 0) is 6.54 Å². The van der Waals surface area contributed by atoms with E-state index >= 15 is 0 Å². The number of ether oxygens (including phenoxy) is 1. The molecule has 0 amide bonds. The molecule has 0 aliphatic rings. The summed E-state index contributed by atoms with van der Waals surface area (Å²) in [6.07, 6.45) is 3.18. The number of benzene rings is 1. The Morgan fingerprint density at radius 1 is 1.29 bits per heavy atom. The first-order chi connectivity index (χ1) is 9.97. The maximum absolute atomic E-state index is 13.8. The van der Waals surface area contributed by atoms with Crippen LogP contribution in [0.5, 0.6) is 11.5 Å². The summed E-state index contributed by atoms with van der Waals surface area (Å²) in [6.45, 7) is 4.56. The lowest BCUT2D eigenvalue weighted by Crippen LogP contribution is -2.22. The normalized spacial score (nSPS) is 11.0. The van der Waals surface area contributed by atoms with Gasteiger partial charge in [0, 0.05) is 35.0 Å². The molecule has 6 heteroatoms. The standard InChI is InChI=1S/C15H15BrF2N2O/c1-9(2)20-8-10-7-19-4-3-13(10)21-14-6-11(16)5-12(17)15(14)18/h3-7,9,20H,8H2,1-2H3. The summed E-state index contributed by atoms with van der Waals surface area (Å²) < 4.78 is 33.1. The maximum Gasteiger partial charge on any atom is 0.201 e. The summed E-state index contributed by atoms with van der Waals surface area (Å²) in [6, 6.07) is 4.35. The molecule has 0 saturated carbocycles. The van der Waals surface area contributed by atoms with Gasteiger partial charge in [-0.1, -0.05) is 29.8 Å². The largest absolute Gasteiger partial charge is 0.454 e. The van der Waals surface area contributed by atoms with E-state index in [1.807, 2.05) is 13.8 Å². The number of nitrogens with one attached hydrogen (secondary N) is 1. The van der Waals surface area contributed by atoms with Gasteiger partial charge in [0.15, 0.2) is 11.6 Å². The van der Waals surface area contributed by atoms with Crippen LogP contribution >= 0.6 is 15.9 Å². The molecule has 21 heavy (non-hydrogen) atoms. The molecular weight excluding hydrogens is 342 g/mol. The first-order valence-electron chi connectivity index (χ1n) is 6.46. The van der Waals surface area contributed by atoms with Gasteiger partial charge in [0.2, 0.25) is 5.82 Å². The van der Waals surface area contributed by atoms with Gasteiger partial charge in [0.25, 0.3) is 0 Å². The second-order valence-corrected chi connectivity index (χ2v) is 5.74. The van der Waals surface area contributed by atoms with Crippen LogP contribution in [0.4, 0.5) is 8.78 Å². The molecule has 3 nitrogen and oxygen atoms in total. The molecule has 2 aromatic rings. The summed E-state index contributed by atoms with van der Waals surface area (Å²) in [7, 11) is 0. The van der Waals surface area contributed by atoms with Crippen molar-refractivity contribution in [1.29, 1.82) is 0 Å². The first-order valence-corrected chi connectivity index (χ1v) is 7.25. The Hall–Kier alpha value is -1.53. The summed E-state index contributed by atoms with van der Waals surface area (Å²) in [5.41, 5.74) is 0.769. The molecule has 0 aliphatic carbocycles. The Labute approximate surface area is 130 Å². The number of aromatic nitrogens is 1. The second-order valence-electron chi connectivity index (χ2n) is 4.82. The van der Waals surface area contributed by atoms with Gasteiger partial charge in [-0.2, -0.15) is 4.39 Å². The zero-order valence-corrected chi connectivity index (χ0v) is 13.2. The van der Waals surface area contributed by atoms with E-state index in [1.54, 1.807) is 18.5 Å². The lowest BCUT2D eigenvalue weighted by atomic mass is 10.2. The topological polar surface area (TPSA) is 34.2 Å². The van der Waals surface area contributed by atoms with E-state index in [0.29, 0.717) is 16.8 Å². The van der Waals surface area contributed by atoms with Crippen LogP contribution in [-0.4, -0.2) is 11.0 Å². The summed E-state index contributed by atoms with van der Waals surface area (Å²) >= 11 is 3.12. The maximum atomic E-state index is 13.8. The van der Waals surface area contributed by atoms with Crippen LogP contribution in [0, 0.1) is 11.6 Å². The van der Waals surface area contributed by atoms with E-state index in [0.717, 1.165) is 11.6 Å². The van der Waals surface area contributed by atoms with Gasteiger partial charge in [-0.25, -0.2) is 4.39 Å². The third-order valence-corrected chi connectivity index (χ3v) is 3.20. The molecule has 112 valence electrons. The van der Waals surface area contributed by atoms with Gasteiger partial charge in [0.05, 0.1) is 0 Å². The SMILES string of the molecule is CC(C)NCc1cnccc1Oc1cc(Br)cc(F)c1F. The fraction of sp³-hybridized carbons (Fsp3) is 0.267. The van der Waals surface area contributed by atoms with E-state index in [9.17, 15) is 8.78 Å². The van der Waals surface area contributed by atoms with Crippen molar-refractivity contribution in [2.75, 3.05) is 0 Å². The molecule has 1 N–H and O–H groups in total. The highest BCUT2D eigenvalue weighted by molar-refractivity contribution is 9.10. The van der Waals surface area contributed by atoms with Crippen LogP contribution in [0.25, 0.3) is 0 Å². The fourth-order valence-electron chi connectivity index (χ4n) is 1.69. The Balaban J connectivity index is 2.27. The van der Waals surface area contributed by atoms with Crippen molar-refractivity contribution >= 4 is 15.9 Å². The second kappa shape index (κ2) is 6.95. The molecule has 1 aromatic heterocycles. The van der Waals surface area contributed by atoms with Crippen LogP contribution in [0.3, 0.4) is 0 Å². The molecule has 0 radical (unpaired) electrons. The van der Waals surface area contributed by atoms with Gasteiger partial charge < -0.3 is 10.1 Å². The van der Waals surface area contributed by atoms with Crippen molar-refractivity contribution in [3.63, 3.8) is 0 Å². The summed E-state index contributed by atoms with van der Waals surface area (Å²) in [5.74, 6) is -1.71. The van der Waals surface area contributed by atoms with Crippen LogP contribution in [0.1, 0.15) is 19.4 Å². The van der Waals surface area contributed by atoms with Crippen LogP contribution < -0.4 is 10.1 Å². The molecule has 1 heterocycles. The number of hydrogen-bond acceptors (Lipinski definition) is 3. The number of halogens is 3. The van der Waals surface area contributed by atoms with Crippen molar-refractivity contribution in [3.8, 4) is 11.5 Å². The lowest BCUT2D eigenvalue weighted by molar-refractivity contribution is 0.410. The lowest BCUT2D eigenvalue weighted by Gasteiger charge is -2.13. The van der Waals surface area contributed by atoms with Crippen molar-refractivity contribution in [2.24, 2.45) is 0 Å². The van der Waals surface area contributed by atoms with Crippen molar-refractivity contribution in [3.05, 3.63) is 52.3 Å². The highest BCUT2D eigenvalue weighted by Crippen LogP contribution is 2.31. The zero-order valence-electron chi connectivity index (χ0n) is 11.7. The third kappa shape index (κ3) is 4.22. The Bertz CT molecular complexity index is 635. The molecule has 0 spiro atoms. The number of nitrogens with zero attached hydrogens (tertiary/aromatic N) is 1. The minimum atomic E-state index is -1.02. The Morgan fingerprint density at radius 3 is 2.76 bits per heavy atom. The quantitative estimate of drug-likeness (QED) is 0.805. The molecule has 0 bridgehead atoms. The fourth-order valence-corrected chi connectivity index (χ4v) is 2.09. The Morgan fingerprint density at radius 2 is 2.05 bits per heavy atom. The van der Waals surface area contributed by atoms with E-state index < -0.39 is 11.6 Å². The van der Waals surface area contributed by atoms with E-state index in [4.69, 9.17) is 4.74 Å². The van der Waals surface area contributed by atoms with E-state index in [-0.39, 0.29) is 11.8 Å². The Kier molecular flexibility index (Phi) is 5.25. The predicted molar refractivity (Wildman–Crippen MR) is 80.3 cm³/mol. The van der Waals surface area contributed by atoms with Gasteiger partial charge >= 0.3 is 0 Å². The highest BCUT2D eigenvalue weighted by Gasteiger charge is 2.14. The van der Waals surface area contributed by atoms with Crippen molar-refractivity contribution < 1.29 is 13.5 Å². The first kappa shape index (κ1) is 15.9. The van der Waals surface area contributed by atoms with Crippen LogP contribution in [0.15, 0.2) is 35.1 Å².